The Morgan fingerprint density at radius 1 is 1.20 bits per heavy atom. The highest BCUT2D eigenvalue weighted by Crippen LogP contribution is 2.32. The third kappa shape index (κ3) is 2.00. The lowest BCUT2D eigenvalue weighted by molar-refractivity contribution is 0.382. The average Bonchev–Trinajstić information content (AvgIpc) is 3.01. The Kier molecular flexibility index (Phi) is 3.06. The van der Waals surface area contributed by atoms with E-state index in [0.29, 0.717) is 16.5 Å². The first kappa shape index (κ1) is 12.9. The molecule has 3 aromatic rings. The van der Waals surface area contributed by atoms with Gasteiger partial charge in [-0.2, -0.15) is 4.98 Å². The number of nitrogens with one attached hydrogen (secondary N) is 1. The van der Waals surface area contributed by atoms with Crippen molar-refractivity contribution in [3.05, 3.63) is 29.4 Å². The Morgan fingerprint density at radius 2 is 2.00 bits per heavy atom. The van der Waals surface area contributed by atoms with Gasteiger partial charge in [0.15, 0.2) is 5.88 Å². The average molecular weight is 292 g/mol. The van der Waals surface area contributed by atoms with E-state index in [1.807, 2.05) is 29.9 Å². The molecule has 0 aliphatic rings. The van der Waals surface area contributed by atoms with Crippen LogP contribution in [0.15, 0.2) is 24.4 Å². The fraction of sp³-hybridized carbons (Fsp3) is 0.214. The molecular weight excluding hydrogens is 278 g/mol. The van der Waals surface area contributed by atoms with Gasteiger partial charge in [-0.05, 0) is 6.07 Å². The van der Waals surface area contributed by atoms with Gasteiger partial charge in [-0.15, -0.1) is 0 Å². The fourth-order valence-electron chi connectivity index (χ4n) is 2.20. The first-order valence-corrected chi connectivity index (χ1v) is 6.44. The number of methoxy groups -OCH3 is 2. The molecule has 104 valence electrons. The van der Waals surface area contributed by atoms with E-state index >= 15 is 0 Å². The molecule has 0 unspecified atom stereocenters. The molecule has 0 saturated heterocycles. The normalized spacial score (nSPS) is 11.0. The van der Waals surface area contributed by atoms with Crippen molar-refractivity contribution in [2.75, 3.05) is 14.2 Å². The molecule has 20 heavy (non-hydrogen) atoms. The summed E-state index contributed by atoms with van der Waals surface area (Å²) in [6, 6.07) is 5.63. The van der Waals surface area contributed by atoms with Gasteiger partial charge >= 0.3 is 0 Å². The van der Waals surface area contributed by atoms with E-state index in [-0.39, 0.29) is 0 Å². The number of rotatable bonds is 3. The zero-order chi connectivity index (χ0) is 14.3. The third-order valence-electron chi connectivity index (χ3n) is 3.21. The Morgan fingerprint density at radius 3 is 2.65 bits per heavy atom. The lowest BCUT2D eigenvalue weighted by Gasteiger charge is -1.99. The smallest absolute Gasteiger partial charge is 0.216 e. The number of fused-ring (bicyclic) bond motifs is 1. The summed E-state index contributed by atoms with van der Waals surface area (Å²) in [6.45, 7) is 0. The van der Waals surface area contributed by atoms with Gasteiger partial charge in [0.05, 0.1) is 19.2 Å². The number of hydrogen-bond acceptors (Lipinski definition) is 3. The number of aromatic nitrogens is 3. The summed E-state index contributed by atoms with van der Waals surface area (Å²) in [5, 5.41) is 1.47. The Hall–Kier alpha value is -2.14. The zero-order valence-corrected chi connectivity index (χ0v) is 12.2. The molecule has 6 heteroatoms. The van der Waals surface area contributed by atoms with E-state index in [4.69, 9.17) is 21.1 Å². The highest BCUT2D eigenvalue weighted by molar-refractivity contribution is 6.35. The minimum atomic E-state index is 0.488. The minimum Gasteiger partial charge on any atom is -0.482 e. The van der Waals surface area contributed by atoms with E-state index in [2.05, 4.69) is 9.97 Å². The second kappa shape index (κ2) is 4.76. The summed E-state index contributed by atoms with van der Waals surface area (Å²) >= 11 is 6.24. The molecule has 0 atom stereocenters. The first-order chi connectivity index (χ1) is 9.62. The summed E-state index contributed by atoms with van der Waals surface area (Å²) in [4.78, 5) is 7.60. The fourth-order valence-corrected chi connectivity index (χ4v) is 2.43. The number of halogens is 1. The van der Waals surface area contributed by atoms with Crippen molar-refractivity contribution in [3.63, 3.8) is 0 Å². The predicted octanol–water partition coefficient (Wildman–Crippen LogP) is 3.24. The highest BCUT2D eigenvalue weighted by atomic mass is 35.5. The van der Waals surface area contributed by atoms with Crippen LogP contribution in [0.4, 0.5) is 0 Å². The Labute approximate surface area is 121 Å². The molecule has 0 spiro atoms. The van der Waals surface area contributed by atoms with Crippen molar-refractivity contribution < 1.29 is 9.47 Å². The van der Waals surface area contributed by atoms with Gasteiger partial charge in [0.25, 0.3) is 0 Å². The molecule has 5 nitrogen and oxygen atoms in total. The summed E-state index contributed by atoms with van der Waals surface area (Å²) in [6.07, 6.45) is 1.98. The van der Waals surface area contributed by atoms with Crippen LogP contribution >= 0.6 is 11.6 Å². The van der Waals surface area contributed by atoms with E-state index in [0.717, 1.165) is 22.5 Å². The van der Waals surface area contributed by atoms with Gasteiger partial charge in [-0.1, -0.05) is 11.6 Å². The predicted molar refractivity (Wildman–Crippen MR) is 78.6 cm³/mol. The van der Waals surface area contributed by atoms with E-state index < -0.39 is 0 Å². The van der Waals surface area contributed by atoms with Crippen molar-refractivity contribution in [2.45, 2.75) is 0 Å². The molecule has 0 radical (unpaired) electrons. The second-order valence-corrected chi connectivity index (χ2v) is 4.88. The quantitative estimate of drug-likeness (QED) is 0.806. The molecular formula is C14H14ClN3O2. The Bertz CT molecular complexity index is 776. The molecule has 0 fully saturated rings. The molecule has 3 aromatic heterocycles. The topological polar surface area (TPSA) is 52.1 Å². The first-order valence-electron chi connectivity index (χ1n) is 6.06. The molecule has 0 aliphatic carbocycles. The second-order valence-electron chi connectivity index (χ2n) is 4.47. The van der Waals surface area contributed by atoms with Gasteiger partial charge in [0, 0.05) is 42.0 Å². The van der Waals surface area contributed by atoms with Crippen LogP contribution in [-0.2, 0) is 7.05 Å². The van der Waals surface area contributed by atoms with Crippen molar-refractivity contribution in [2.24, 2.45) is 7.05 Å². The maximum absolute atomic E-state index is 6.24. The number of ether oxygens (including phenoxy) is 2. The summed E-state index contributed by atoms with van der Waals surface area (Å²) in [5.74, 6) is 1.27. The van der Waals surface area contributed by atoms with Crippen LogP contribution < -0.4 is 9.47 Å². The van der Waals surface area contributed by atoms with Gasteiger partial charge in [-0.25, -0.2) is 0 Å². The maximum atomic E-state index is 6.24. The van der Waals surface area contributed by atoms with Gasteiger partial charge in [0.2, 0.25) is 5.88 Å². The molecule has 0 aliphatic heterocycles. The summed E-state index contributed by atoms with van der Waals surface area (Å²) in [7, 11) is 5.14. The molecule has 0 amide bonds. The van der Waals surface area contributed by atoms with E-state index in [1.54, 1.807) is 20.3 Å². The molecule has 3 heterocycles. The van der Waals surface area contributed by atoms with Gasteiger partial charge in [-0.3, -0.25) is 0 Å². The molecule has 1 N–H and O–H groups in total. The van der Waals surface area contributed by atoms with Crippen LogP contribution in [0.25, 0.3) is 22.3 Å². The van der Waals surface area contributed by atoms with Crippen molar-refractivity contribution >= 4 is 22.6 Å². The molecule has 0 saturated carbocycles. The van der Waals surface area contributed by atoms with E-state index in [1.165, 1.54) is 0 Å². The standard InChI is InChI=1S/C14H14ClN3O2/c1-18-7-8(4-13(18)20-3)11-5-9-10(15)6-12(19-2)17-14(9)16-11/h4-7H,1-3H3,(H,16,17). The zero-order valence-electron chi connectivity index (χ0n) is 11.4. The number of H-pyrrole nitrogens is 1. The van der Waals surface area contributed by atoms with Gasteiger partial charge < -0.3 is 19.0 Å². The van der Waals surface area contributed by atoms with Crippen LogP contribution in [0, 0.1) is 0 Å². The Balaban J connectivity index is 2.14. The lowest BCUT2D eigenvalue weighted by Crippen LogP contribution is -1.90. The lowest BCUT2D eigenvalue weighted by atomic mass is 10.2. The molecule has 0 bridgehead atoms. The number of pyridine rings is 1. The van der Waals surface area contributed by atoms with Crippen molar-refractivity contribution in [3.8, 4) is 23.0 Å². The largest absolute Gasteiger partial charge is 0.482 e. The van der Waals surface area contributed by atoms with Crippen molar-refractivity contribution in [1.29, 1.82) is 0 Å². The maximum Gasteiger partial charge on any atom is 0.216 e. The monoisotopic (exact) mass is 291 g/mol. The number of nitrogens with zero attached hydrogens (tertiary/aromatic N) is 2. The van der Waals surface area contributed by atoms with Crippen LogP contribution in [0.2, 0.25) is 5.02 Å². The highest BCUT2D eigenvalue weighted by Gasteiger charge is 2.12. The molecule has 3 rings (SSSR count). The molecule has 0 aromatic carbocycles. The third-order valence-corrected chi connectivity index (χ3v) is 3.53. The summed E-state index contributed by atoms with van der Waals surface area (Å²) in [5.41, 5.74) is 2.64. The SMILES string of the molecule is COc1cc(Cl)c2cc(-c3cc(OC)n(C)c3)[nH]c2n1. The minimum absolute atomic E-state index is 0.488. The van der Waals surface area contributed by atoms with Crippen LogP contribution in [0.1, 0.15) is 0 Å². The van der Waals surface area contributed by atoms with Crippen LogP contribution in [0.5, 0.6) is 11.8 Å². The summed E-state index contributed by atoms with van der Waals surface area (Å²) < 4.78 is 12.3. The number of hydrogen-bond donors (Lipinski definition) is 1. The van der Waals surface area contributed by atoms with Crippen molar-refractivity contribution in [1.82, 2.24) is 14.5 Å². The van der Waals surface area contributed by atoms with Crippen LogP contribution in [0.3, 0.4) is 0 Å². The van der Waals surface area contributed by atoms with Crippen LogP contribution in [-0.4, -0.2) is 28.8 Å². The number of aryl methyl sites for hydroxylation is 1. The van der Waals surface area contributed by atoms with E-state index in [9.17, 15) is 0 Å². The number of aromatic amines is 1. The van der Waals surface area contributed by atoms with Gasteiger partial charge in [0.1, 0.15) is 5.65 Å².